The molecule has 2 aromatic carbocycles. The Labute approximate surface area is 137 Å². The van der Waals surface area contributed by atoms with Gasteiger partial charge in [-0.15, -0.1) is 0 Å². The lowest BCUT2D eigenvalue weighted by Gasteiger charge is -2.10. The Kier molecular flexibility index (Phi) is 4.81. The molecule has 3 N–H and O–H groups in total. The van der Waals surface area contributed by atoms with Crippen LogP contribution < -0.4 is 15.2 Å². The molecule has 0 saturated heterocycles. The van der Waals surface area contributed by atoms with Crippen LogP contribution in [0.15, 0.2) is 47.4 Å². The minimum atomic E-state index is -4.03. The number of ether oxygens (including phenoxy) is 1. The van der Waals surface area contributed by atoms with Crippen molar-refractivity contribution in [2.45, 2.75) is 4.90 Å². The second-order valence-corrected chi connectivity index (χ2v) is 6.20. The summed E-state index contributed by atoms with van der Waals surface area (Å²) in [7, 11) is -2.74. The smallest absolute Gasteiger partial charge is 0.269 e. The molecule has 0 heterocycles. The predicted octanol–water partition coefficient (Wildman–Crippen LogP) is 1.50. The van der Waals surface area contributed by atoms with E-state index < -0.39 is 20.9 Å². The number of hydrogen-bond acceptors (Lipinski definition) is 6. The molecule has 9 nitrogen and oxygen atoms in total. The van der Waals surface area contributed by atoms with Crippen molar-refractivity contribution >= 4 is 27.3 Å². The first-order valence-corrected chi connectivity index (χ1v) is 8.03. The molecule has 0 aliphatic rings. The summed E-state index contributed by atoms with van der Waals surface area (Å²) in [6, 6.07) is 8.92. The van der Waals surface area contributed by atoms with Crippen LogP contribution in [-0.4, -0.2) is 26.4 Å². The number of hydrogen-bond donors (Lipinski definition) is 2. The lowest BCUT2D eigenvalue weighted by atomic mass is 10.2. The van der Waals surface area contributed by atoms with Gasteiger partial charge in [-0.2, -0.15) is 0 Å². The number of nitro groups is 1. The SMILES string of the molecule is COc1ccc(NC(=O)c2ccc([N+](=O)[O-])cc2)cc1S(N)(=O)=O. The van der Waals surface area contributed by atoms with E-state index in [9.17, 15) is 23.3 Å². The molecule has 0 bridgehead atoms. The number of amides is 1. The summed E-state index contributed by atoms with van der Waals surface area (Å²) in [5.41, 5.74) is 0.212. The number of nitrogens with one attached hydrogen (secondary N) is 1. The normalized spacial score (nSPS) is 10.9. The summed E-state index contributed by atoms with van der Waals surface area (Å²) < 4.78 is 28.0. The number of non-ortho nitro benzene ring substituents is 1. The Morgan fingerprint density at radius 1 is 1.21 bits per heavy atom. The van der Waals surface area contributed by atoms with Crippen molar-refractivity contribution in [3.8, 4) is 5.75 Å². The maximum absolute atomic E-state index is 12.1. The second kappa shape index (κ2) is 6.64. The number of carbonyl (C=O) groups excluding carboxylic acids is 1. The Balaban J connectivity index is 2.27. The Morgan fingerprint density at radius 3 is 2.33 bits per heavy atom. The van der Waals surface area contributed by atoms with E-state index in [0.29, 0.717) is 0 Å². The summed E-state index contributed by atoms with van der Waals surface area (Å²) in [5, 5.41) is 18.2. The summed E-state index contributed by atoms with van der Waals surface area (Å²) in [6.07, 6.45) is 0. The van der Waals surface area contributed by atoms with Gasteiger partial charge in [0.2, 0.25) is 10.0 Å². The number of nitrogens with zero attached hydrogens (tertiary/aromatic N) is 1. The molecular weight excluding hydrogens is 338 g/mol. The van der Waals surface area contributed by atoms with Gasteiger partial charge in [0, 0.05) is 23.4 Å². The number of anilines is 1. The zero-order valence-corrected chi connectivity index (χ0v) is 13.2. The number of nitrogens with two attached hydrogens (primary N) is 1. The number of rotatable bonds is 5. The van der Waals surface area contributed by atoms with E-state index in [1.54, 1.807) is 0 Å². The van der Waals surface area contributed by atoms with Crippen LogP contribution in [0.25, 0.3) is 0 Å². The number of sulfonamides is 1. The Bertz CT molecular complexity index is 893. The van der Waals surface area contributed by atoms with Gasteiger partial charge in [0.1, 0.15) is 10.6 Å². The summed E-state index contributed by atoms with van der Waals surface area (Å²) in [6.45, 7) is 0. The molecule has 0 fully saturated rings. The summed E-state index contributed by atoms with van der Waals surface area (Å²) in [4.78, 5) is 21.9. The first-order chi connectivity index (χ1) is 11.2. The maximum atomic E-state index is 12.1. The monoisotopic (exact) mass is 351 g/mol. The molecule has 0 atom stereocenters. The molecule has 2 rings (SSSR count). The van der Waals surface area contributed by atoms with E-state index in [-0.39, 0.29) is 27.6 Å². The van der Waals surface area contributed by atoms with Crippen LogP contribution in [0.3, 0.4) is 0 Å². The first-order valence-electron chi connectivity index (χ1n) is 6.49. The Hall–Kier alpha value is -2.98. The molecule has 24 heavy (non-hydrogen) atoms. The van der Waals surface area contributed by atoms with Crippen molar-refractivity contribution in [3.05, 3.63) is 58.1 Å². The number of benzene rings is 2. The van der Waals surface area contributed by atoms with Gasteiger partial charge in [-0.05, 0) is 30.3 Å². The highest BCUT2D eigenvalue weighted by atomic mass is 32.2. The van der Waals surface area contributed by atoms with Gasteiger partial charge in [0.25, 0.3) is 11.6 Å². The highest BCUT2D eigenvalue weighted by molar-refractivity contribution is 7.89. The summed E-state index contributed by atoms with van der Waals surface area (Å²) in [5.74, 6) is -0.513. The van der Waals surface area contributed by atoms with Gasteiger partial charge in [-0.3, -0.25) is 14.9 Å². The fraction of sp³-hybridized carbons (Fsp3) is 0.0714. The highest BCUT2D eigenvalue weighted by Gasteiger charge is 2.17. The topological polar surface area (TPSA) is 142 Å². The zero-order chi connectivity index (χ0) is 17.9. The van der Waals surface area contributed by atoms with Gasteiger partial charge >= 0.3 is 0 Å². The van der Waals surface area contributed by atoms with Gasteiger partial charge in [0.15, 0.2) is 0 Å². The van der Waals surface area contributed by atoms with E-state index in [1.165, 1.54) is 43.5 Å². The van der Waals surface area contributed by atoms with Gasteiger partial charge in [-0.1, -0.05) is 0 Å². The molecule has 2 aromatic rings. The third kappa shape index (κ3) is 3.86. The molecular formula is C14H13N3O6S. The molecule has 0 unspecified atom stereocenters. The number of nitro benzene ring substituents is 1. The van der Waals surface area contributed by atoms with E-state index in [0.717, 1.165) is 6.07 Å². The molecule has 0 saturated carbocycles. The van der Waals surface area contributed by atoms with E-state index >= 15 is 0 Å². The summed E-state index contributed by atoms with van der Waals surface area (Å²) >= 11 is 0. The fourth-order valence-corrected chi connectivity index (χ4v) is 2.64. The van der Waals surface area contributed by atoms with Crippen LogP contribution in [0.1, 0.15) is 10.4 Å². The molecule has 126 valence electrons. The van der Waals surface area contributed by atoms with Crippen LogP contribution in [-0.2, 0) is 10.0 Å². The van der Waals surface area contributed by atoms with Crippen molar-refractivity contribution < 1.29 is 22.9 Å². The van der Waals surface area contributed by atoms with Gasteiger partial charge < -0.3 is 10.1 Å². The third-order valence-electron chi connectivity index (χ3n) is 3.07. The molecule has 0 radical (unpaired) electrons. The van der Waals surface area contributed by atoms with Crippen LogP contribution in [0, 0.1) is 10.1 Å². The lowest BCUT2D eigenvalue weighted by molar-refractivity contribution is -0.384. The van der Waals surface area contributed by atoms with Crippen molar-refractivity contribution in [2.75, 3.05) is 12.4 Å². The van der Waals surface area contributed by atoms with Crippen LogP contribution >= 0.6 is 0 Å². The van der Waals surface area contributed by atoms with Crippen molar-refractivity contribution in [1.29, 1.82) is 0 Å². The number of carbonyl (C=O) groups is 1. The van der Waals surface area contributed by atoms with E-state index in [1.807, 2.05) is 0 Å². The third-order valence-corrected chi connectivity index (χ3v) is 4.00. The number of methoxy groups -OCH3 is 1. The van der Waals surface area contributed by atoms with E-state index in [4.69, 9.17) is 9.88 Å². The largest absolute Gasteiger partial charge is 0.495 e. The standard InChI is InChI=1S/C14H13N3O6S/c1-23-12-7-4-10(8-13(12)24(15,21)22)16-14(18)9-2-5-11(6-3-9)17(19)20/h2-8H,1H3,(H,16,18)(H2,15,21,22). The van der Waals surface area contributed by atoms with Gasteiger partial charge in [-0.25, -0.2) is 13.6 Å². The maximum Gasteiger partial charge on any atom is 0.269 e. The minimum absolute atomic E-state index is 0.0471. The molecule has 0 aromatic heterocycles. The molecule has 0 aliphatic heterocycles. The Morgan fingerprint density at radius 2 is 1.83 bits per heavy atom. The second-order valence-electron chi connectivity index (χ2n) is 4.67. The van der Waals surface area contributed by atoms with Crippen molar-refractivity contribution in [3.63, 3.8) is 0 Å². The molecule has 10 heteroatoms. The van der Waals surface area contributed by atoms with Gasteiger partial charge in [0.05, 0.1) is 12.0 Å². The van der Waals surface area contributed by atoms with Crippen LogP contribution in [0.4, 0.5) is 11.4 Å². The molecule has 1 amide bonds. The fourth-order valence-electron chi connectivity index (χ4n) is 1.91. The average molecular weight is 351 g/mol. The minimum Gasteiger partial charge on any atom is -0.495 e. The quantitative estimate of drug-likeness (QED) is 0.617. The lowest BCUT2D eigenvalue weighted by Crippen LogP contribution is -2.16. The van der Waals surface area contributed by atoms with Crippen LogP contribution in [0.2, 0.25) is 0 Å². The first kappa shape index (κ1) is 17.4. The predicted molar refractivity (Wildman–Crippen MR) is 85.4 cm³/mol. The average Bonchev–Trinajstić information content (AvgIpc) is 2.54. The van der Waals surface area contributed by atoms with Crippen molar-refractivity contribution in [2.24, 2.45) is 5.14 Å². The highest BCUT2D eigenvalue weighted by Crippen LogP contribution is 2.26. The molecule has 0 spiro atoms. The van der Waals surface area contributed by atoms with Crippen molar-refractivity contribution in [1.82, 2.24) is 0 Å². The van der Waals surface area contributed by atoms with E-state index in [2.05, 4.69) is 5.32 Å². The number of primary sulfonamides is 1. The van der Waals surface area contributed by atoms with Crippen LogP contribution in [0.5, 0.6) is 5.75 Å². The zero-order valence-electron chi connectivity index (χ0n) is 12.4. The molecule has 0 aliphatic carbocycles.